The van der Waals surface area contributed by atoms with Gasteiger partial charge < -0.3 is 34.5 Å². The van der Waals surface area contributed by atoms with Gasteiger partial charge in [-0.3, -0.25) is 19.3 Å². The highest BCUT2D eigenvalue weighted by atomic mass is 35.5. The van der Waals surface area contributed by atoms with Gasteiger partial charge in [0.2, 0.25) is 0 Å². The number of carbonyl (C=O) groups excluding carboxylic acids is 5. The highest BCUT2D eigenvalue weighted by Gasteiger charge is 2.38. The van der Waals surface area contributed by atoms with E-state index < -0.39 is 42.0 Å². The van der Waals surface area contributed by atoms with Crippen LogP contribution in [0.4, 0.5) is 20.6 Å². The predicted octanol–water partition coefficient (Wildman–Crippen LogP) is 3.67. The average molecular weight is 690 g/mol. The molecule has 0 spiro atoms. The van der Waals surface area contributed by atoms with E-state index in [0.29, 0.717) is 22.9 Å². The van der Waals surface area contributed by atoms with Gasteiger partial charge in [0.25, 0.3) is 11.8 Å². The minimum absolute atomic E-state index is 0. The summed E-state index contributed by atoms with van der Waals surface area (Å²) in [6.45, 7) is 3.53. The molecule has 246 valence electrons. The van der Waals surface area contributed by atoms with Crippen molar-refractivity contribution in [3.8, 4) is 0 Å². The summed E-state index contributed by atoms with van der Waals surface area (Å²) in [5.41, 5.74) is 6.20. The first kappa shape index (κ1) is 36.2. The Labute approximate surface area is 274 Å². The first-order chi connectivity index (χ1) is 21.0. The van der Waals surface area contributed by atoms with Gasteiger partial charge in [-0.15, -0.1) is 23.7 Å². The van der Waals surface area contributed by atoms with E-state index in [-0.39, 0.29) is 80.5 Å². The topological polar surface area (TPSA) is 149 Å². The number of halogens is 3. The van der Waals surface area contributed by atoms with E-state index in [2.05, 4.69) is 0 Å². The maximum absolute atomic E-state index is 15.3. The highest BCUT2D eigenvalue weighted by Crippen LogP contribution is 2.30. The zero-order chi connectivity index (χ0) is 32.0. The molecule has 3 heterocycles. The Balaban J connectivity index is 0.00000552. The Morgan fingerprint density at radius 3 is 2.62 bits per heavy atom. The van der Waals surface area contributed by atoms with E-state index in [0.717, 1.165) is 16.2 Å². The lowest BCUT2D eigenvalue weighted by Gasteiger charge is -2.32. The number of amides is 3. The fourth-order valence-corrected chi connectivity index (χ4v) is 5.81. The van der Waals surface area contributed by atoms with Gasteiger partial charge >= 0.3 is 12.1 Å². The summed E-state index contributed by atoms with van der Waals surface area (Å²) in [5.74, 6) is -2.35. The number of hydrogen-bond donors (Lipinski definition) is 1. The van der Waals surface area contributed by atoms with Crippen LogP contribution in [-0.4, -0.2) is 92.7 Å². The molecule has 2 N–H and O–H groups in total. The predicted molar refractivity (Wildman–Crippen MR) is 168 cm³/mol. The van der Waals surface area contributed by atoms with Crippen molar-refractivity contribution >= 4 is 76.9 Å². The molecule has 1 unspecified atom stereocenters. The van der Waals surface area contributed by atoms with Gasteiger partial charge in [-0.05, 0) is 42.7 Å². The van der Waals surface area contributed by atoms with Crippen LogP contribution in [-0.2, 0) is 28.6 Å². The van der Waals surface area contributed by atoms with Crippen molar-refractivity contribution in [1.82, 2.24) is 4.90 Å². The monoisotopic (exact) mass is 688 g/mol. The van der Waals surface area contributed by atoms with Crippen LogP contribution in [0.25, 0.3) is 0 Å². The Morgan fingerprint density at radius 1 is 1.24 bits per heavy atom. The van der Waals surface area contributed by atoms with Crippen molar-refractivity contribution in [3.63, 3.8) is 0 Å². The van der Waals surface area contributed by atoms with Crippen LogP contribution in [0.5, 0.6) is 0 Å². The summed E-state index contributed by atoms with van der Waals surface area (Å²) in [4.78, 5) is 66.8. The smallest absolute Gasteiger partial charge is 0.414 e. The third-order valence-corrected chi connectivity index (χ3v) is 8.52. The minimum Gasteiger partial charge on any atom is -0.462 e. The van der Waals surface area contributed by atoms with Crippen LogP contribution >= 0.6 is 35.3 Å². The molecule has 3 amide bonds. The molecule has 2 aliphatic heterocycles. The maximum atomic E-state index is 15.3. The minimum atomic E-state index is -0.894. The number of benzene rings is 1. The molecule has 0 bridgehead atoms. The van der Waals surface area contributed by atoms with Crippen molar-refractivity contribution in [1.29, 1.82) is 0 Å². The van der Waals surface area contributed by atoms with Gasteiger partial charge in [-0.2, -0.15) is 0 Å². The quantitative estimate of drug-likeness (QED) is 0.246. The molecule has 45 heavy (non-hydrogen) atoms. The van der Waals surface area contributed by atoms with Crippen LogP contribution < -0.4 is 15.5 Å². The Kier molecular flexibility index (Phi) is 13.1. The van der Waals surface area contributed by atoms with E-state index in [1.165, 1.54) is 28.0 Å². The number of esters is 1. The van der Waals surface area contributed by atoms with E-state index in [4.69, 9.17) is 31.5 Å². The van der Waals surface area contributed by atoms with Gasteiger partial charge in [-0.1, -0.05) is 25.4 Å². The molecule has 0 saturated carbocycles. The molecule has 2 saturated heterocycles. The van der Waals surface area contributed by atoms with Crippen LogP contribution in [0.2, 0.25) is 4.34 Å². The number of anilines is 2. The summed E-state index contributed by atoms with van der Waals surface area (Å²) >= 11 is 7.12. The zero-order valence-corrected chi connectivity index (χ0v) is 27.1. The van der Waals surface area contributed by atoms with Crippen LogP contribution in [0, 0.1) is 11.7 Å². The second-order valence-corrected chi connectivity index (χ2v) is 12.4. The molecule has 1 aromatic heterocycles. The first-order valence-corrected chi connectivity index (χ1v) is 15.3. The molecule has 3 atom stereocenters. The average Bonchev–Trinajstić information content (AvgIpc) is 3.60. The number of nitrogens with two attached hydrogens (primary N) is 1. The van der Waals surface area contributed by atoms with Crippen molar-refractivity contribution in [3.05, 3.63) is 45.4 Å². The molecule has 12 nitrogen and oxygen atoms in total. The van der Waals surface area contributed by atoms with Gasteiger partial charge in [0, 0.05) is 18.7 Å². The summed E-state index contributed by atoms with van der Waals surface area (Å²) in [6, 6.07) is 5.54. The standard InChI is InChI=1S/C29H34ClFN4O8S.ClH/c1-17(2)26(32)28(39)42-15-19(4-3-10-36)34(27(38)23-7-8-24(30)44-23)13-20-14-35(29(40)43-20)22-6-5-18(12-21(22)31)33-9-11-41-16-25(33)37;/h5-8,10,12,17,19-20,26H,3-4,9,11,13-16,32H2,1-2H3;1H/t19?,20-,26-;/m0./s1. The lowest BCUT2D eigenvalue weighted by Crippen LogP contribution is -2.48. The van der Waals surface area contributed by atoms with Crippen molar-refractivity contribution in [2.45, 2.75) is 44.9 Å². The molecule has 1 aromatic carbocycles. The maximum Gasteiger partial charge on any atom is 0.414 e. The molecule has 2 aromatic rings. The molecule has 4 rings (SSSR count). The third kappa shape index (κ3) is 8.91. The van der Waals surface area contributed by atoms with Crippen molar-refractivity contribution in [2.75, 3.05) is 49.3 Å². The second-order valence-electron chi connectivity index (χ2n) is 10.7. The van der Waals surface area contributed by atoms with Crippen LogP contribution in [0.15, 0.2) is 30.3 Å². The molecular formula is C29H35Cl2FN4O8S. The summed E-state index contributed by atoms with van der Waals surface area (Å²) in [7, 11) is 0. The number of rotatable bonds is 13. The lowest BCUT2D eigenvalue weighted by atomic mass is 10.1. The number of morpholine rings is 1. The van der Waals surface area contributed by atoms with Gasteiger partial charge in [0.05, 0.1) is 40.6 Å². The van der Waals surface area contributed by atoms with E-state index in [1.54, 1.807) is 26.0 Å². The van der Waals surface area contributed by atoms with Gasteiger partial charge in [0.15, 0.2) is 0 Å². The Bertz CT molecular complexity index is 1400. The number of carbonyl (C=O) groups is 5. The molecule has 16 heteroatoms. The summed E-state index contributed by atoms with van der Waals surface area (Å²) < 4.78 is 31.8. The molecule has 2 fully saturated rings. The lowest BCUT2D eigenvalue weighted by molar-refractivity contribution is -0.148. The van der Waals surface area contributed by atoms with Crippen LogP contribution in [0.1, 0.15) is 36.4 Å². The summed E-state index contributed by atoms with van der Waals surface area (Å²) in [5, 5.41) is 0. The third-order valence-electron chi connectivity index (χ3n) is 7.31. The number of ether oxygens (including phenoxy) is 3. The Hall–Kier alpha value is -3.30. The fourth-order valence-electron chi connectivity index (χ4n) is 4.81. The van der Waals surface area contributed by atoms with Gasteiger partial charge in [0.1, 0.15) is 37.5 Å². The SMILES string of the molecule is CC(C)[C@H](N)C(=O)OCC(CCC=O)N(C[C@H]1CN(c2ccc(N3CCOCC3=O)cc2F)C(=O)O1)C(=O)c1ccc(Cl)s1.Cl. The number of cyclic esters (lactones) is 1. The molecule has 0 radical (unpaired) electrons. The van der Waals surface area contributed by atoms with E-state index in [1.807, 2.05) is 0 Å². The largest absolute Gasteiger partial charge is 0.462 e. The normalized spacial score (nSPS) is 17.9. The number of aldehydes is 1. The zero-order valence-electron chi connectivity index (χ0n) is 24.7. The first-order valence-electron chi connectivity index (χ1n) is 14.1. The Morgan fingerprint density at radius 2 is 2.00 bits per heavy atom. The molecule has 0 aliphatic carbocycles. The fraction of sp³-hybridized carbons (Fsp3) is 0.483. The number of nitrogens with zero attached hydrogens (tertiary/aromatic N) is 3. The highest BCUT2D eigenvalue weighted by molar-refractivity contribution is 7.18. The van der Waals surface area contributed by atoms with Crippen LogP contribution in [0.3, 0.4) is 0 Å². The van der Waals surface area contributed by atoms with E-state index in [9.17, 15) is 24.0 Å². The second kappa shape index (κ2) is 16.3. The summed E-state index contributed by atoms with van der Waals surface area (Å²) in [6.07, 6.45) is -0.816. The van der Waals surface area contributed by atoms with Crippen molar-refractivity contribution < 1.29 is 42.6 Å². The molecule has 2 aliphatic rings. The number of thiophene rings is 1. The van der Waals surface area contributed by atoms with Gasteiger partial charge in [-0.25, -0.2) is 9.18 Å². The molecular weight excluding hydrogens is 654 g/mol. The van der Waals surface area contributed by atoms with Crippen molar-refractivity contribution in [2.24, 2.45) is 11.7 Å². The van der Waals surface area contributed by atoms with E-state index >= 15 is 4.39 Å². The number of hydrogen-bond acceptors (Lipinski definition) is 10.